The van der Waals surface area contributed by atoms with Gasteiger partial charge in [0.1, 0.15) is 11.4 Å². The third-order valence-corrected chi connectivity index (χ3v) is 5.21. The molecule has 0 aliphatic carbocycles. The molecule has 4 rings (SSSR count). The second-order valence-corrected chi connectivity index (χ2v) is 7.24. The third-order valence-electron chi connectivity index (χ3n) is 5.21. The predicted molar refractivity (Wildman–Crippen MR) is 106 cm³/mol. The van der Waals surface area contributed by atoms with Crippen molar-refractivity contribution in [3.8, 4) is 11.4 Å². The molecule has 0 spiro atoms. The summed E-state index contributed by atoms with van der Waals surface area (Å²) >= 11 is 0. The molecule has 3 heterocycles. The monoisotopic (exact) mass is 381 g/mol. The SMILES string of the molecule is CC[C@H](O)c1cc2n(n1)CCCN(Cc1cnn(-c3ccccc3OC)c1)C2. The highest BCUT2D eigenvalue weighted by Crippen LogP contribution is 2.23. The van der Waals surface area contributed by atoms with Gasteiger partial charge in [0, 0.05) is 37.9 Å². The Kier molecular flexibility index (Phi) is 5.45. The number of fused-ring (bicyclic) bond motifs is 1. The summed E-state index contributed by atoms with van der Waals surface area (Å²) in [6.45, 7) is 5.52. The highest BCUT2D eigenvalue weighted by molar-refractivity contribution is 5.46. The van der Waals surface area contributed by atoms with Crippen molar-refractivity contribution in [1.29, 1.82) is 0 Å². The Labute approximate surface area is 165 Å². The van der Waals surface area contributed by atoms with Crippen LogP contribution in [0.2, 0.25) is 0 Å². The van der Waals surface area contributed by atoms with E-state index in [1.54, 1.807) is 7.11 Å². The number of aliphatic hydroxyl groups excluding tert-OH is 1. The maximum atomic E-state index is 10.1. The van der Waals surface area contributed by atoms with Gasteiger partial charge in [-0.25, -0.2) is 4.68 Å². The summed E-state index contributed by atoms with van der Waals surface area (Å²) in [6, 6.07) is 9.93. The Morgan fingerprint density at radius 2 is 2.11 bits per heavy atom. The Bertz CT molecular complexity index is 933. The molecule has 1 aliphatic heterocycles. The zero-order valence-corrected chi connectivity index (χ0v) is 16.5. The summed E-state index contributed by atoms with van der Waals surface area (Å²) in [5.74, 6) is 0.804. The average Bonchev–Trinajstić information content (AvgIpc) is 3.30. The van der Waals surface area contributed by atoms with Crippen molar-refractivity contribution in [1.82, 2.24) is 24.5 Å². The number of ether oxygens (including phenoxy) is 1. The number of aryl methyl sites for hydroxylation is 1. The Balaban J connectivity index is 1.49. The summed E-state index contributed by atoms with van der Waals surface area (Å²) in [4.78, 5) is 2.41. The first kappa shape index (κ1) is 18.7. The molecule has 0 amide bonds. The fourth-order valence-electron chi connectivity index (χ4n) is 3.71. The lowest BCUT2D eigenvalue weighted by Gasteiger charge is -2.18. The highest BCUT2D eigenvalue weighted by Gasteiger charge is 2.19. The number of para-hydroxylation sites is 2. The van der Waals surface area contributed by atoms with E-state index in [0.29, 0.717) is 6.42 Å². The van der Waals surface area contributed by atoms with Gasteiger partial charge >= 0.3 is 0 Å². The predicted octanol–water partition coefficient (Wildman–Crippen LogP) is 2.93. The van der Waals surface area contributed by atoms with E-state index in [9.17, 15) is 5.11 Å². The number of rotatable bonds is 6. The van der Waals surface area contributed by atoms with E-state index in [1.165, 1.54) is 0 Å². The molecular formula is C21H27N5O2. The van der Waals surface area contributed by atoms with E-state index in [0.717, 1.165) is 61.0 Å². The topological polar surface area (TPSA) is 68.3 Å². The van der Waals surface area contributed by atoms with Crippen molar-refractivity contribution >= 4 is 0 Å². The van der Waals surface area contributed by atoms with Crippen LogP contribution in [0.3, 0.4) is 0 Å². The number of methoxy groups -OCH3 is 1. The summed E-state index contributed by atoms with van der Waals surface area (Å²) in [7, 11) is 1.67. The fourth-order valence-corrected chi connectivity index (χ4v) is 3.71. The molecule has 0 fully saturated rings. The molecule has 3 aromatic rings. The smallest absolute Gasteiger partial charge is 0.144 e. The lowest BCUT2D eigenvalue weighted by Crippen LogP contribution is -2.22. The van der Waals surface area contributed by atoms with Crippen LogP contribution in [0.25, 0.3) is 5.69 Å². The molecule has 2 aromatic heterocycles. The Morgan fingerprint density at radius 1 is 1.25 bits per heavy atom. The van der Waals surface area contributed by atoms with Gasteiger partial charge in [-0.3, -0.25) is 9.58 Å². The van der Waals surface area contributed by atoms with Crippen LogP contribution in [0.1, 0.15) is 42.8 Å². The van der Waals surface area contributed by atoms with Crippen LogP contribution in [0.5, 0.6) is 5.75 Å². The van der Waals surface area contributed by atoms with E-state index in [4.69, 9.17) is 4.74 Å². The fraction of sp³-hybridized carbons (Fsp3) is 0.429. The van der Waals surface area contributed by atoms with E-state index in [1.807, 2.05) is 52.8 Å². The van der Waals surface area contributed by atoms with Crippen LogP contribution in [-0.4, -0.2) is 43.2 Å². The first-order valence-electron chi connectivity index (χ1n) is 9.82. The second-order valence-electron chi connectivity index (χ2n) is 7.24. The molecule has 0 saturated heterocycles. The Morgan fingerprint density at radius 3 is 2.93 bits per heavy atom. The highest BCUT2D eigenvalue weighted by atomic mass is 16.5. The molecule has 1 N–H and O–H groups in total. The molecule has 7 heteroatoms. The minimum atomic E-state index is -0.480. The summed E-state index contributed by atoms with van der Waals surface area (Å²) in [5, 5.41) is 19.2. The maximum Gasteiger partial charge on any atom is 0.144 e. The summed E-state index contributed by atoms with van der Waals surface area (Å²) < 4.78 is 9.36. The van der Waals surface area contributed by atoms with Gasteiger partial charge in [0.25, 0.3) is 0 Å². The quantitative estimate of drug-likeness (QED) is 0.711. The molecule has 1 aliphatic rings. The zero-order chi connectivity index (χ0) is 19.5. The third kappa shape index (κ3) is 3.81. The number of aliphatic hydroxyl groups is 1. The van der Waals surface area contributed by atoms with Gasteiger partial charge < -0.3 is 9.84 Å². The van der Waals surface area contributed by atoms with Gasteiger partial charge in [0.05, 0.1) is 30.8 Å². The average molecular weight is 381 g/mol. The van der Waals surface area contributed by atoms with Crippen molar-refractivity contribution < 1.29 is 9.84 Å². The van der Waals surface area contributed by atoms with Gasteiger partial charge in [-0.2, -0.15) is 10.2 Å². The van der Waals surface area contributed by atoms with Gasteiger partial charge in [0.2, 0.25) is 0 Å². The molecular weight excluding hydrogens is 354 g/mol. The number of aromatic nitrogens is 4. The molecule has 1 atom stereocenters. The minimum Gasteiger partial charge on any atom is -0.494 e. The van der Waals surface area contributed by atoms with Gasteiger partial charge in [0.15, 0.2) is 0 Å². The van der Waals surface area contributed by atoms with E-state index < -0.39 is 6.10 Å². The van der Waals surface area contributed by atoms with Crippen LogP contribution in [0.4, 0.5) is 0 Å². The van der Waals surface area contributed by atoms with Gasteiger partial charge in [-0.1, -0.05) is 19.1 Å². The lowest BCUT2D eigenvalue weighted by molar-refractivity contribution is 0.167. The van der Waals surface area contributed by atoms with Crippen LogP contribution in [-0.2, 0) is 19.6 Å². The summed E-state index contributed by atoms with van der Waals surface area (Å²) in [5.41, 5.74) is 4.04. The van der Waals surface area contributed by atoms with Crippen molar-refractivity contribution in [3.05, 3.63) is 59.7 Å². The normalized spacial score (nSPS) is 15.8. The van der Waals surface area contributed by atoms with Crippen LogP contribution in [0.15, 0.2) is 42.7 Å². The lowest BCUT2D eigenvalue weighted by atomic mass is 10.2. The number of nitrogens with zero attached hydrogens (tertiary/aromatic N) is 5. The van der Waals surface area contributed by atoms with Crippen molar-refractivity contribution in [2.75, 3.05) is 13.7 Å². The van der Waals surface area contributed by atoms with E-state index >= 15 is 0 Å². The molecule has 0 saturated carbocycles. The van der Waals surface area contributed by atoms with Crippen LogP contribution < -0.4 is 4.74 Å². The first-order valence-corrected chi connectivity index (χ1v) is 9.82. The van der Waals surface area contributed by atoms with Crippen LogP contribution in [0, 0.1) is 0 Å². The number of benzene rings is 1. The molecule has 0 unspecified atom stereocenters. The molecule has 0 radical (unpaired) electrons. The van der Waals surface area contributed by atoms with Gasteiger partial charge in [-0.05, 0) is 31.0 Å². The molecule has 148 valence electrons. The standard InChI is InChI=1S/C21H27N5O2/c1-3-20(27)18-11-17-15-24(9-6-10-25(17)23-18)13-16-12-22-26(14-16)19-7-4-5-8-21(19)28-2/h4-5,7-8,11-12,14,20,27H,3,6,9-10,13,15H2,1-2H3/t20-/m0/s1. The van der Waals surface area contributed by atoms with Crippen molar-refractivity contribution in [2.24, 2.45) is 0 Å². The van der Waals surface area contributed by atoms with Gasteiger partial charge in [-0.15, -0.1) is 0 Å². The first-order chi connectivity index (χ1) is 13.7. The largest absolute Gasteiger partial charge is 0.494 e. The molecule has 28 heavy (non-hydrogen) atoms. The maximum absolute atomic E-state index is 10.1. The number of hydrogen-bond acceptors (Lipinski definition) is 5. The van der Waals surface area contributed by atoms with E-state index in [-0.39, 0.29) is 0 Å². The Hall–Kier alpha value is -2.64. The molecule has 0 bridgehead atoms. The molecule has 1 aromatic carbocycles. The zero-order valence-electron chi connectivity index (χ0n) is 16.5. The van der Waals surface area contributed by atoms with Crippen LogP contribution >= 0.6 is 0 Å². The van der Waals surface area contributed by atoms with E-state index in [2.05, 4.69) is 21.3 Å². The van der Waals surface area contributed by atoms with Crippen molar-refractivity contribution in [2.45, 2.75) is 45.5 Å². The minimum absolute atomic E-state index is 0.480. The number of hydrogen-bond donors (Lipinski definition) is 1. The van der Waals surface area contributed by atoms with Crippen molar-refractivity contribution in [3.63, 3.8) is 0 Å². The summed E-state index contributed by atoms with van der Waals surface area (Å²) in [6.07, 6.45) is 5.22. The second kappa shape index (κ2) is 8.16. The molecule has 7 nitrogen and oxygen atoms in total.